The van der Waals surface area contributed by atoms with Gasteiger partial charge >= 0.3 is 0 Å². The Morgan fingerprint density at radius 3 is 1.01 bits per heavy atom. The van der Waals surface area contributed by atoms with Gasteiger partial charge in [0.05, 0.1) is 28.4 Å². The molecule has 0 aromatic heterocycles. The van der Waals surface area contributed by atoms with Gasteiger partial charge in [0, 0.05) is 38.4 Å². The molecule has 0 saturated carbocycles. The van der Waals surface area contributed by atoms with Crippen LogP contribution in [0.3, 0.4) is 0 Å². The van der Waals surface area contributed by atoms with E-state index in [1.165, 1.54) is 44.0 Å². The van der Waals surface area contributed by atoms with E-state index < -0.39 is 8.32 Å². The zero-order chi connectivity index (χ0) is 49.2. The number of benzene rings is 8. The molecule has 0 aliphatic rings. The molecule has 0 bridgehead atoms. The van der Waals surface area contributed by atoms with Gasteiger partial charge in [-0.3, -0.25) is 0 Å². The van der Waals surface area contributed by atoms with Crippen LogP contribution in [0.15, 0.2) is 72.8 Å². The minimum Gasteiger partial charge on any atom is -0.543 e. The minimum absolute atomic E-state index is 0.0690. The monoisotopic (exact) mass is 916 g/mol. The van der Waals surface area contributed by atoms with Crippen molar-refractivity contribution in [3.63, 3.8) is 0 Å². The second kappa shape index (κ2) is 18.0. The summed E-state index contributed by atoms with van der Waals surface area (Å²) >= 11 is 0. The molecule has 8 aromatic rings. The van der Waals surface area contributed by atoms with Crippen molar-refractivity contribution >= 4 is 51.4 Å². The summed E-state index contributed by atoms with van der Waals surface area (Å²) in [5.74, 6) is 4.18. The molecule has 0 atom stereocenters. The molecule has 0 saturated heterocycles. The highest BCUT2D eigenvalue weighted by atomic mass is 28.4. The molecule has 0 aliphatic carbocycles. The number of hydrogen-bond donors (Lipinski definition) is 2. The molecule has 2 N–H and O–H groups in total. The lowest BCUT2D eigenvalue weighted by Gasteiger charge is -2.37. The molecule has 0 fully saturated rings. The number of aryl methyl sites for hydroxylation is 9. The number of hydrogen-bond acceptors (Lipinski definition) is 7. The fourth-order valence-electron chi connectivity index (χ4n) is 9.64. The summed E-state index contributed by atoms with van der Waals surface area (Å²) in [4.78, 5) is 0. The molecule has 67 heavy (non-hydrogen) atoms. The van der Waals surface area contributed by atoms with E-state index in [0.29, 0.717) is 33.4 Å². The Hall–Kier alpha value is -6.38. The van der Waals surface area contributed by atoms with Crippen LogP contribution in [0, 0.1) is 62.3 Å². The van der Waals surface area contributed by atoms with Crippen LogP contribution in [0.1, 0.15) is 70.8 Å². The Morgan fingerprint density at radius 2 is 0.657 bits per heavy atom. The van der Waals surface area contributed by atoms with E-state index in [2.05, 4.69) is 117 Å². The number of fused-ring (bicyclic) bond motifs is 4. The number of aromatic hydroxyl groups is 2. The van der Waals surface area contributed by atoms with Crippen molar-refractivity contribution in [3.8, 4) is 62.5 Å². The molecule has 7 nitrogen and oxygen atoms in total. The average molecular weight is 917 g/mol. The molecule has 0 aliphatic heterocycles. The van der Waals surface area contributed by atoms with Crippen LogP contribution in [0.2, 0.25) is 18.1 Å². The van der Waals surface area contributed by atoms with Crippen molar-refractivity contribution in [2.75, 3.05) is 28.4 Å². The van der Waals surface area contributed by atoms with E-state index in [1.807, 2.05) is 39.8 Å². The number of methoxy groups -OCH3 is 4. The van der Waals surface area contributed by atoms with Gasteiger partial charge in [-0.1, -0.05) is 56.7 Å². The molecule has 8 rings (SSSR count). The van der Waals surface area contributed by atoms with Crippen LogP contribution in [0.5, 0.6) is 40.2 Å². The van der Waals surface area contributed by atoms with Crippen molar-refractivity contribution < 1.29 is 33.6 Å². The predicted molar refractivity (Wildman–Crippen MR) is 284 cm³/mol. The zero-order valence-corrected chi connectivity index (χ0v) is 43.9. The third-order valence-electron chi connectivity index (χ3n) is 13.9. The van der Waals surface area contributed by atoms with Gasteiger partial charge in [-0.2, -0.15) is 0 Å². The molecule has 0 unspecified atom stereocenters. The van der Waals surface area contributed by atoms with E-state index in [0.717, 1.165) is 66.8 Å². The summed E-state index contributed by atoms with van der Waals surface area (Å²) < 4.78 is 30.8. The van der Waals surface area contributed by atoms with E-state index in [9.17, 15) is 10.2 Å². The largest absolute Gasteiger partial charge is 0.543 e. The standard InChI is InChI=1S/C33H42O3Si.C26H26O4/c1-19-13-23(5)29-24(14-19)21(3)17-26(34-9)31(29)32-27(35-10)18-22(4)25-15-20(2)16-28(30(25)32)36-37(11,12)33(6,7)8;1-13-7-17-15(3)11-21(29-5)25(23(17)19(27)9-13)26-22(30-6)12-16(4)18-8-14(2)10-20(28)24(18)26/h13-18H,1-12H3;7-12,27-28H,1-6H3. The molecule has 0 spiro atoms. The van der Waals surface area contributed by atoms with Gasteiger partial charge in [0.25, 0.3) is 8.32 Å². The van der Waals surface area contributed by atoms with Crippen LogP contribution < -0.4 is 23.4 Å². The lowest BCUT2D eigenvalue weighted by molar-refractivity contribution is 0.410. The van der Waals surface area contributed by atoms with Crippen LogP contribution in [0.4, 0.5) is 0 Å². The van der Waals surface area contributed by atoms with E-state index in [-0.39, 0.29) is 16.5 Å². The van der Waals surface area contributed by atoms with Crippen molar-refractivity contribution in [2.45, 2.75) is 101 Å². The number of rotatable bonds is 8. The first kappa shape index (κ1) is 48.5. The summed E-state index contributed by atoms with van der Waals surface area (Å²) in [7, 11) is 4.61. The summed E-state index contributed by atoms with van der Waals surface area (Å²) in [6.07, 6.45) is 0. The Labute approximate surface area is 398 Å². The van der Waals surface area contributed by atoms with Crippen LogP contribution in [0.25, 0.3) is 65.3 Å². The second-order valence-electron chi connectivity index (χ2n) is 20.0. The highest BCUT2D eigenvalue weighted by molar-refractivity contribution is 6.74. The van der Waals surface area contributed by atoms with Gasteiger partial charge < -0.3 is 33.6 Å². The van der Waals surface area contributed by atoms with Gasteiger partial charge in [-0.15, -0.1) is 0 Å². The minimum atomic E-state index is -2.13. The lowest BCUT2D eigenvalue weighted by atomic mass is 9.86. The predicted octanol–water partition coefficient (Wildman–Crippen LogP) is 15.9. The maximum Gasteiger partial charge on any atom is 0.250 e. The molecule has 8 aromatic carbocycles. The third kappa shape index (κ3) is 8.61. The molecule has 0 amide bonds. The molecular weight excluding hydrogens is 849 g/mol. The van der Waals surface area contributed by atoms with E-state index in [4.69, 9.17) is 23.4 Å². The van der Waals surface area contributed by atoms with E-state index >= 15 is 0 Å². The first-order chi connectivity index (χ1) is 31.5. The first-order valence-corrected chi connectivity index (χ1v) is 25.9. The fourth-order valence-corrected chi connectivity index (χ4v) is 10.7. The van der Waals surface area contributed by atoms with Gasteiger partial charge in [-0.25, -0.2) is 0 Å². The Morgan fingerprint density at radius 1 is 0.358 bits per heavy atom. The topological polar surface area (TPSA) is 86.6 Å². The maximum absolute atomic E-state index is 11.0. The Balaban J connectivity index is 0.000000203. The highest BCUT2D eigenvalue weighted by Crippen LogP contribution is 2.53. The summed E-state index contributed by atoms with van der Waals surface area (Å²) in [6, 6.07) is 24.9. The smallest absolute Gasteiger partial charge is 0.250 e. The molecular formula is C59H68O7Si. The molecule has 0 heterocycles. The van der Waals surface area contributed by atoms with Gasteiger partial charge in [0.2, 0.25) is 0 Å². The lowest BCUT2D eigenvalue weighted by Crippen LogP contribution is -2.43. The van der Waals surface area contributed by atoms with Crippen LogP contribution in [-0.2, 0) is 0 Å². The highest BCUT2D eigenvalue weighted by Gasteiger charge is 2.40. The maximum atomic E-state index is 11.0. The Bertz CT molecular complexity index is 3180. The van der Waals surface area contributed by atoms with Crippen molar-refractivity contribution in [1.29, 1.82) is 0 Å². The second-order valence-corrected chi connectivity index (χ2v) is 24.8. The van der Waals surface area contributed by atoms with Crippen molar-refractivity contribution in [3.05, 3.63) is 123 Å². The number of phenolic OH excluding ortho intramolecular Hbond substituents is 2. The Kier molecular flexibility index (Phi) is 13.1. The number of ether oxygens (including phenoxy) is 4. The fraction of sp³-hybridized carbons (Fsp3) is 0.322. The number of phenols is 2. The molecule has 8 heteroatoms. The molecule has 350 valence electrons. The van der Waals surface area contributed by atoms with Gasteiger partial charge in [0.15, 0.2) is 0 Å². The van der Waals surface area contributed by atoms with E-state index in [1.54, 1.807) is 40.6 Å². The zero-order valence-electron chi connectivity index (χ0n) is 42.9. The quantitative estimate of drug-likeness (QED) is 0.147. The third-order valence-corrected chi connectivity index (χ3v) is 18.2. The van der Waals surface area contributed by atoms with Gasteiger partial charge in [0.1, 0.15) is 40.2 Å². The van der Waals surface area contributed by atoms with Crippen molar-refractivity contribution in [2.24, 2.45) is 0 Å². The normalized spacial score (nSPS) is 11.9. The van der Waals surface area contributed by atoms with Crippen LogP contribution >= 0.6 is 0 Å². The van der Waals surface area contributed by atoms with Crippen LogP contribution in [-0.4, -0.2) is 47.0 Å². The summed E-state index contributed by atoms with van der Waals surface area (Å²) in [6.45, 7) is 30.2. The average Bonchev–Trinajstić information content (AvgIpc) is 3.24. The van der Waals surface area contributed by atoms with Crippen molar-refractivity contribution in [1.82, 2.24) is 0 Å². The molecule has 0 radical (unpaired) electrons. The van der Waals surface area contributed by atoms with Gasteiger partial charge in [-0.05, 0) is 194 Å². The SMILES string of the molecule is COc1cc(C)c2cc(C)cc(C)c2c1-c1c(OC)cc(C)c2cc(C)cc(O[Si](C)(C)C(C)(C)C)c12.COc1cc(C)c2cc(C)cc(O)c2c1-c1c(OC)cc(C)c2cc(C)cc(O)c12. The summed E-state index contributed by atoms with van der Waals surface area (Å²) in [5.41, 5.74) is 13.5. The summed E-state index contributed by atoms with van der Waals surface area (Å²) in [5, 5.41) is 30.0. The first-order valence-electron chi connectivity index (χ1n) is 23.0.